The smallest absolute Gasteiger partial charge is 0.303 e. The van der Waals surface area contributed by atoms with Gasteiger partial charge >= 0.3 is 5.97 Å². The average molecular weight is 557 g/mol. The highest BCUT2D eigenvalue weighted by Gasteiger charge is 2.41. The van der Waals surface area contributed by atoms with E-state index in [9.17, 15) is 9.59 Å². The Kier molecular flexibility index (Phi) is 18.6. The molecule has 40 heavy (non-hydrogen) atoms. The molecular weight excluding hydrogens is 492 g/mol. The summed E-state index contributed by atoms with van der Waals surface area (Å²) < 4.78 is 0. The Labute approximate surface area is 248 Å². The first-order chi connectivity index (χ1) is 19.5. The minimum atomic E-state index is -0.660. The van der Waals surface area contributed by atoms with Gasteiger partial charge in [0.15, 0.2) is 0 Å². The van der Waals surface area contributed by atoms with Crippen molar-refractivity contribution in [3.05, 3.63) is 24.3 Å². The summed E-state index contributed by atoms with van der Waals surface area (Å²) in [5, 5.41) is 8.92. The highest BCUT2D eigenvalue weighted by atomic mass is 16.4. The summed E-state index contributed by atoms with van der Waals surface area (Å²) in [7, 11) is 0. The van der Waals surface area contributed by atoms with Crippen molar-refractivity contribution in [1.29, 1.82) is 0 Å². The van der Waals surface area contributed by atoms with Gasteiger partial charge in [0.1, 0.15) is 5.78 Å². The van der Waals surface area contributed by atoms with Crippen molar-refractivity contribution >= 4 is 11.8 Å². The zero-order chi connectivity index (χ0) is 29.0. The van der Waals surface area contributed by atoms with Gasteiger partial charge in [0.25, 0.3) is 0 Å². The summed E-state index contributed by atoms with van der Waals surface area (Å²) >= 11 is 0. The molecule has 0 bridgehead atoms. The van der Waals surface area contributed by atoms with Crippen LogP contribution in [0.1, 0.15) is 162 Å². The van der Waals surface area contributed by atoms with E-state index in [2.05, 4.69) is 38.2 Å². The summed E-state index contributed by atoms with van der Waals surface area (Å²) in [5.74, 6) is 4.12. The van der Waals surface area contributed by atoms with E-state index in [-0.39, 0.29) is 0 Å². The largest absolute Gasteiger partial charge is 0.481 e. The molecule has 230 valence electrons. The number of hydrogen-bond donors (Lipinski definition) is 1. The number of carboxylic acid groups (broad SMARTS) is 1. The van der Waals surface area contributed by atoms with Gasteiger partial charge in [0.05, 0.1) is 0 Å². The van der Waals surface area contributed by atoms with E-state index in [1.807, 2.05) is 0 Å². The molecule has 6 atom stereocenters. The lowest BCUT2D eigenvalue weighted by atomic mass is 9.58. The molecule has 0 aromatic heterocycles. The molecule has 0 fully saturated rings. The molecule has 0 aliphatic heterocycles. The van der Waals surface area contributed by atoms with Crippen LogP contribution in [0.4, 0.5) is 0 Å². The van der Waals surface area contributed by atoms with Crippen LogP contribution >= 0.6 is 0 Å². The van der Waals surface area contributed by atoms with E-state index in [0.29, 0.717) is 24.0 Å². The molecule has 0 radical (unpaired) electrons. The number of carbonyl (C=O) groups excluding carboxylic acids is 1. The topological polar surface area (TPSA) is 54.4 Å². The van der Waals surface area contributed by atoms with Gasteiger partial charge in [-0.2, -0.15) is 0 Å². The van der Waals surface area contributed by atoms with Crippen LogP contribution in [0, 0.1) is 35.5 Å². The summed E-state index contributed by atoms with van der Waals surface area (Å²) in [6, 6.07) is 0. The summed E-state index contributed by atoms with van der Waals surface area (Å²) in [6.45, 7) is 6.35. The summed E-state index contributed by atoms with van der Waals surface area (Å²) in [4.78, 5) is 22.1. The first-order valence-electron chi connectivity index (χ1n) is 17.6. The predicted molar refractivity (Wildman–Crippen MR) is 170 cm³/mol. The first-order valence-corrected chi connectivity index (χ1v) is 17.6. The van der Waals surface area contributed by atoms with Crippen LogP contribution in [0.5, 0.6) is 0 Å². The van der Waals surface area contributed by atoms with Gasteiger partial charge in [0.2, 0.25) is 0 Å². The lowest BCUT2D eigenvalue weighted by molar-refractivity contribution is -0.137. The summed E-state index contributed by atoms with van der Waals surface area (Å²) in [5.41, 5.74) is 0. The average Bonchev–Trinajstić information content (AvgIpc) is 2.93. The third-order valence-electron chi connectivity index (χ3n) is 9.97. The molecule has 6 unspecified atom stereocenters. The number of ketones is 1. The Balaban J connectivity index is 2.02. The summed E-state index contributed by atoms with van der Waals surface area (Å²) in [6.07, 6.45) is 36.9. The van der Waals surface area contributed by atoms with E-state index in [1.165, 1.54) is 109 Å². The number of hydrogen-bond acceptors (Lipinski definition) is 2. The molecule has 2 rings (SSSR count). The van der Waals surface area contributed by atoms with Crippen molar-refractivity contribution in [3.8, 4) is 0 Å². The standard InChI is InChI=1S/C37H64O3/c1-4-6-14-21-31-26-28-36-34(24-18-12-9-13-19-25-37(39)40)32(22-17-11-8-10-16-20-30(3)38)27-29-35(36)33(31)23-15-7-5-2/h26-29,31-36H,4-25H2,1-3H3,(H,39,40). The second-order valence-corrected chi connectivity index (χ2v) is 13.3. The highest BCUT2D eigenvalue weighted by molar-refractivity contribution is 5.75. The lowest BCUT2D eigenvalue weighted by Crippen LogP contribution is -2.39. The third-order valence-corrected chi connectivity index (χ3v) is 9.97. The van der Waals surface area contributed by atoms with Gasteiger partial charge < -0.3 is 9.90 Å². The zero-order valence-corrected chi connectivity index (χ0v) is 26.6. The Morgan fingerprint density at radius 2 is 0.925 bits per heavy atom. The number of rotatable bonds is 24. The number of aliphatic carboxylic acids is 1. The van der Waals surface area contributed by atoms with Crippen LogP contribution in [0.25, 0.3) is 0 Å². The molecule has 2 aliphatic carbocycles. The molecule has 3 heteroatoms. The van der Waals surface area contributed by atoms with Crippen molar-refractivity contribution in [2.24, 2.45) is 35.5 Å². The molecular formula is C37H64O3. The van der Waals surface area contributed by atoms with Gasteiger partial charge in [-0.15, -0.1) is 0 Å². The first kappa shape index (κ1) is 34.8. The molecule has 0 saturated carbocycles. The third kappa shape index (κ3) is 13.5. The maximum atomic E-state index is 11.2. The zero-order valence-electron chi connectivity index (χ0n) is 26.6. The van der Waals surface area contributed by atoms with Crippen molar-refractivity contribution in [1.82, 2.24) is 0 Å². The fourth-order valence-corrected chi connectivity index (χ4v) is 7.68. The normalized spacial score (nSPS) is 25.7. The maximum Gasteiger partial charge on any atom is 0.303 e. The minimum absolute atomic E-state index is 0.317. The monoisotopic (exact) mass is 556 g/mol. The van der Waals surface area contributed by atoms with E-state index >= 15 is 0 Å². The van der Waals surface area contributed by atoms with E-state index in [1.54, 1.807) is 6.92 Å². The van der Waals surface area contributed by atoms with Gasteiger partial charge in [-0.25, -0.2) is 0 Å². The molecule has 0 aromatic rings. The number of fused-ring (bicyclic) bond motifs is 1. The number of Topliss-reactive ketones (excluding diaryl/α,β-unsaturated/α-hetero) is 1. The van der Waals surface area contributed by atoms with Crippen LogP contribution in [0.15, 0.2) is 24.3 Å². The van der Waals surface area contributed by atoms with Gasteiger partial charge in [0, 0.05) is 12.8 Å². The van der Waals surface area contributed by atoms with Crippen LogP contribution in [-0.2, 0) is 9.59 Å². The molecule has 0 heterocycles. The van der Waals surface area contributed by atoms with Crippen LogP contribution < -0.4 is 0 Å². The fourth-order valence-electron chi connectivity index (χ4n) is 7.68. The van der Waals surface area contributed by atoms with Crippen LogP contribution in [0.2, 0.25) is 0 Å². The van der Waals surface area contributed by atoms with Gasteiger partial charge in [-0.1, -0.05) is 128 Å². The SMILES string of the molecule is CCCCCC1C=CC2C(C=CC(CCCCCCCC(C)=O)C2CCCCCCCC(=O)O)C1CCCCC. The molecule has 0 saturated heterocycles. The van der Waals surface area contributed by atoms with Crippen LogP contribution in [-0.4, -0.2) is 16.9 Å². The van der Waals surface area contributed by atoms with E-state index in [4.69, 9.17) is 5.11 Å². The number of unbranched alkanes of at least 4 members (excludes halogenated alkanes) is 12. The predicted octanol–water partition coefficient (Wildman–Crippen LogP) is 11.1. The quantitative estimate of drug-likeness (QED) is 0.0950. The van der Waals surface area contributed by atoms with Crippen molar-refractivity contribution in [2.75, 3.05) is 0 Å². The van der Waals surface area contributed by atoms with Gasteiger partial charge in [-0.05, 0) is 81.0 Å². The van der Waals surface area contributed by atoms with Gasteiger partial charge in [-0.3, -0.25) is 4.79 Å². The molecule has 0 spiro atoms. The van der Waals surface area contributed by atoms with E-state index in [0.717, 1.165) is 49.4 Å². The lowest BCUT2D eigenvalue weighted by Gasteiger charge is -2.46. The number of carboxylic acids is 1. The Morgan fingerprint density at radius 1 is 0.525 bits per heavy atom. The van der Waals surface area contributed by atoms with Crippen molar-refractivity contribution in [2.45, 2.75) is 162 Å². The second-order valence-electron chi connectivity index (χ2n) is 13.3. The minimum Gasteiger partial charge on any atom is -0.481 e. The van der Waals surface area contributed by atoms with Crippen molar-refractivity contribution < 1.29 is 14.7 Å². The van der Waals surface area contributed by atoms with Crippen LogP contribution in [0.3, 0.4) is 0 Å². The Hall–Kier alpha value is -1.38. The molecule has 1 N–H and O–H groups in total. The number of carbonyl (C=O) groups is 2. The maximum absolute atomic E-state index is 11.2. The van der Waals surface area contributed by atoms with E-state index < -0.39 is 5.97 Å². The molecule has 0 amide bonds. The molecule has 0 aromatic carbocycles. The fraction of sp³-hybridized carbons (Fsp3) is 0.838. The molecule has 3 nitrogen and oxygen atoms in total. The van der Waals surface area contributed by atoms with Crippen molar-refractivity contribution in [3.63, 3.8) is 0 Å². The molecule has 2 aliphatic rings. The number of allylic oxidation sites excluding steroid dienone is 4. The highest BCUT2D eigenvalue weighted by Crippen LogP contribution is 2.50. The second kappa shape index (κ2) is 21.3. The Bertz CT molecular complexity index is 738. The Morgan fingerprint density at radius 3 is 1.40 bits per heavy atom.